The van der Waals surface area contributed by atoms with Crippen LogP contribution in [0.4, 0.5) is 11.8 Å². The molecule has 7 N–H and O–H groups in total. The number of carboxylic acid groups (broad SMARTS) is 1. The summed E-state index contributed by atoms with van der Waals surface area (Å²) in [7, 11) is 0. The van der Waals surface area contributed by atoms with Crippen LogP contribution in [-0.4, -0.2) is 78.1 Å². The standard InChI is InChI=1S/C23H29N7O6/c1-2-25-21(35)18-16(33)17(34)22(36-18)30-11-27-15-19(24)28-23(29-20(15)30)26-10-9-13-5-3-12(4-6-13)7-8-14(31)32/h3-6,11,16-18,22,33-34H,2,7-10H2,1H3,(H,25,35)(H,31,32)(H3,24,26,28,29)/t16?,17?,18-,22?/m0/s1. The number of aliphatic carboxylic acids is 1. The van der Waals surface area contributed by atoms with E-state index >= 15 is 0 Å². The Labute approximate surface area is 206 Å². The van der Waals surface area contributed by atoms with Crippen molar-refractivity contribution in [3.8, 4) is 0 Å². The molecule has 4 rings (SSSR count). The van der Waals surface area contributed by atoms with Gasteiger partial charge in [-0.2, -0.15) is 9.97 Å². The van der Waals surface area contributed by atoms with Crippen LogP contribution in [0, 0.1) is 0 Å². The number of hydrogen-bond donors (Lipinski definition) is 6. The minimum Gasteiger partial charge on any atom is -0.481 e. The first-order valence-electron chi connectivity index (χ1n) is 11.6. The number of imidazole rings is 1. The van der Waals surface area contributed by atoms with Crippen LogP contribution < -0.4 is 16.4 Å². The number of nitrogens with two attached hydrogens (primary N) is 1. The molecular formula is C23H29N7O6. The van der Waals surface area contributed by atoms with Crippen molar-refractivity contribution in [1.29, 1.82) is 0 Å². The molecule has 3 aromatic rings. The summed E-state index contributed by atoms with van der Waals surface area (Å²) < 4.78 is 7.09. The number of nitrogen functional groups attached to an aromatic ring is 1. The van der Waals surface area contributed by atoms with Crippen LogP contribution in [0.1, 0.15) is 30.7 Å². The Kier molecular flexibility index (Phi) is 7.62. The number of nitrogens with zero attached hydrogens (tertiary/aromatic N) is 4. The van der Waals surface area contributed by atoms with Crippen LogP contribution in [0.5, 0.6) is 0 Å². The number of carbonyl (C=O) groups excluding carboxylic acids is 1. The number of rotatable bonds is 10. The quantitative estimate of drug-likeness (QED) is 0.217. The predicted octanol–water partition coefficient (Wildman–Crippen LogP) is -0.164. The van der Waals surface area contributed by atoms with Crippen LogP contribution in [0.25, 0.3) is 11.2 Å². The van der Waals surface area contributed by atoms with Gasteiger partial charge in [0.15, 0.2) is 23.8 Å². The highest BCUT2D eigenvalue weighted by molar-refractivity contribution is 5.83. The van der Waals surface area contributed by atoms with Crippen molar-refractivity contribution in [3.63, 3.8) is 0 Å². The molecule has 1 saturated heterocycles. The number of nitrogens with one attached hydrogen (secondary N) is 2. The number of anilines is 2. The number of ether oxygens (including phenoxy) is 1. The second kappa shape index (κ2) is 10.8. The number of aliphatic hydroxyl groups excluding tert-OH is 2. The van der Waals surface area contributed by atoms with Crippen LogP contribution in [0.3, 0.4) is 0 Å². The number of hydrogen-bond acceptors (Lipinski definition) is 10. The number of likely N-dealkylation sites (N-methyl/N-ethyl adjacent to an activating group) is 1. The molecule has 1 fully saturated rings. The molecule has 1 aromatic carbocycles. The number of amides is 1. The molecule has 1 aliphatic heterocycles. The second-order valence-corrected chi connectivity index (χ2v) is 8.47. The van der Waals surface area contributed by atoms with Gasteiger partial charge in [0.1, 0.15) is 17.7 Å². The molecule has 3 unspecified atom stereocenters. The lowest BCUT2D eigenvalue weighted by atomic mass is 10.1. The first-order chi connectivity index (χ1) is 17.3. The Morgan fingerprint density at radius 1 is 1.11 bits per heavy atom. The van der Waals surface area contributed by atoms with Crippen molar-refractivity contribution in [3.05, 3.63) is 41.7 Å². The van der Waals surface area contributed by atoms with Crippen molar-refractivity contribution in [2.45, 2.75) is 50.7 Å². The molecule has 3 heterocycles. The van der Waals surface area contributed by atoms with Gasteiger partial charge in [-0.15, -0.1) is 0 Å². The molecule has 13 heteroatoms. The summed E-state index contributed by atoms with van der Waals surface area (Å²) >= 11 is 0. The molecule has 4 atom stereocenters. The number of aliphatic hydroxyl groups is 2. The largest absolute Gasteiger partial charge is 0.481 e. The van der Waals surface area contributed by atoms with E-state index in [0.29, 0.717) is 31.4 Å². The monoisotopic (exact) mass is 499 g/mol. The predicted molar refractivity (Wildman–Crippen MR) is 129 cm³/mol. The van der Waals surface area contributed by atoms with Gasteiger partial charge in [0, 0.05) is 19.5 Å². The Bertz CT molecular complexity index is 1230. The molecule has 0 spiro atoms. The van der Waals surface area contributed by atoms with Crippen molar-refractivity contribution < 1.29 is 29.6 Å². The fourth-order valence-corrected chi connectivity index (χ4v) is 4.03. The van der Waals surface area contributed by atoms with E-state index in [1.807, 2.05) is 24.3 Å². The summed E-state index contributed by atoms with van der Waals surface area (Å²) in [6.45, 7) is 2.59. The first kappa shape index (κ1) is 25.3. The second-order valence-electron chi connectivity index (χ2n) is 8.47. The molecular weight excluding hydrogens is 470 g/mol. The Balaban J connectivity index is 1.45. The molecule has 2 aromatic heterocycles. The zero-order valence-electron chi connectivity index (χ0n) is 19.7. The lowest BCUT2D eigenvalue weighted by molar-refractivity contribution is -0.138. The number of carboxylic acids is 1. The molecule has 0 aliphatic carbocycles. The third-order valence-electron chi connectivity index (χ3n) is 5.92. The summed E-state index contributed by atoms with van der Waals surface area (Å²) in [6, 6.07) is 7.71. The highest BCUT2D eigenvalue weighted by atomic mass is 16.6. The zero-order chi connectivity index (χ0) is 25.8. The van der Waals surface area contributed by atoms with E-state index < -0.39 is 36.4 Å². The summed E-state index contributed by atoms with van der Waals surface area (Å²) in [4.78, 5) is 35.8. The average molecular weight is 500 g/mol. The summed E-state index contributed by atoms with van der Waals surface area (Å²) in [5.74, 6) is -0.985. The molecule has 192 valence electrons. The van der Waals surface area contributed by atoms with Gasteiger partial charge in [0.25, 0.3) is 5.91 Å². The SMILES string of the molecule is CCNC(=O)[C@H]1OC(n2cnc3c(N)nc(NCCc4ccc(CCC(=O)O)cc4)nc32)C(O)C1O. The van der Waals surface area contributed by atoms with E-state index in [4.69, 9.17) is 15.6 Å². The Morgan fingerprint density at radius 2 is 1.81 bits per heavy atom. The summed E-state index contributed by atoms with van der Waals surface area (Å²) in [6.07, 6.45) is -2.56. The maximum atomic E-state index is 12.2. The lowest BCUT2D eigenvalue weighted by Gasteiger charge is -2.16. The molecule has 0 radical (unpaired) electrons. The van der Waals surface area contributed by atoms with Gasteiger partial charge in [-0.05, 0) is 30.9 Å². The van der Waals surface area contributed by atoms with Gasteiger partial charge in [-0.25, -0.2) is 4.98 Å². The van der Waals surface area contributed by atoms with Gasteiger partial charge >= 0.3 is 5.97 Å². The maximum Gasteiger partial charge on any atom is 0.303 e. The molecule has 13 nitrogen and oxygen atoms in total. The summed E-state index contributed by atoms with van der Waals surface area (Å²) in [5, 5.41) is 35.4. The maximum absolute atomic E-state index is 12.2. The number of fused-ring (bicyclic) bond motifs is 1. The van der Waals surface area contributed by atoms with E-state index in [1.165, 1.54) is 10.9 Å². The van der Waals surface area contributed by atoms with Crippen molar-refractivity contribution >= 4 is 34.8 Å². The van der Waals surface area contributed by atoms with E-state index in [2.05, 4.69) is 25.6 Å². The Morgan fingerprint density at radius 3 is 2.47 bits per heavy atom. The van der Waals surface area contributed by atoms with Crippen molar-refractivity contribution in [2.24, 2.45) is 0 Å². The summed E-state index contributed by atoms with van der Waals surface area (Å²) in [5.41, 5.74) is 8.65. The normalized spacial score (nSPS) is 21.5. The number of carbonyl (C=O) groups is 2. The van der Waals surface area contributed by atoms with Crippen LogP contribution in [0.2, 0.25) is 0 Å². The number of aromatic nitrogens is 4. The fourth-order valence-electron chi connectivity index (χ4n) is 4.03. The first-order valence-corrected chi connectivity index (χ1v) is 11.6. The minimum absolute atomic E-state index is 0.0905. The van der Waals surface area contributed by atoms with Crippen molar-refractivity contribution in [1.82, 2.24) is 24.8 Å². The number of benzene rings is 1. The van der Waals surface area contributed by atoms with Crippen LogP contribution >= 0.6 is 0 Å². The average Bonchev–Trinajstić information content (AvgIpc) is 3.40. The van der Waals surface area contributed by atoms with Crippen LogP contribution in [0.15, 0.2) is 30.6 Å². The van der Waals surface area contributed by atoms with E-state index in [0.717, 1.165) is 11.1 Å². The van der Waals surface area contributed by atoms with Crippen LogP contribution in [-0.2, 0) is 27.2 Å². The third-order valence-corrected chi connectivity index (χ3v) is 5.92. The molecule has 1 aliphatic rings. The van der Waals surface area contributed by atoms with Gasteiger partial charge < -0.3 is 36.4 Å². The van der Waals surface area contributed by atoms with E-state index in [-0.39, 0.29) is 23.8 Å². The zero-order valence-corrected chi connectivity index (χ0v) is 19.7. The van der Waals surface area contributed by atoms with Gasteiger partial charge in [-0.1, -0.05) is 24.3 Å². The molecule has 0 bridgehead atoms. The van der Waals surface area contributed by atoms with Crippen molar-refractivity contribution in [2.75, 3.05) is 24.1 Å². The highest BCUT2D eigenvalue weighted by Crippen LogP contribution is 2.32. The van der Waals surface area contributed by atoms with E-state index in [1.54, 1.807) is 6.92 Å². The Hall–Kier alpha value is -3.81. The third kappa shape index (κ3) is 5.37. The topological polar surface area (TPSA) is 198 Å². The van der Waals surface area contributed by atoms with Gasteiger partial charge in [0.05, 0.1) is 6.33 Å². The fraction of sp³-hybridized carbons (Fsp3) is 0.435. The molecule has 36 heavy (non-hydrogen) atoms. The van der Waals surface area contributed by atoms with Gasteiger partial charge in [0.2, 0.25) is 5.95 Å². The minimum atomic E-state index is -1.42. The lowest BCUT2D eigenvalue weighted by Crippen LogP contribution is -2.42. The van der Waals surface area contributed by atoms with E-state index in [9.17, 15) is 19.8 Å². The molecule has 0 saturated carbocycles. The molecule has 1 amide bonds. The highest BCUT2D eigenvalue weighted by Gasteiger charge is 2.47. The smallest absolute Gasteiger partial charge is 0.303 e. The number of aryl methyl sites for hydroxylation is 1. The van der Waals surface area contributed by atoms with Gasteiger partial charge in [-0.3, -0.25) is 14.2 Å².